The number of nitrogens with zero attached hydrogens (tertiary/aromatic N) is 2. The average Bonchev–Trinajstić information content (AvgIpc) is 2.99. The lowest BCUT2D eigenvalue weighted by atomic mass is 10.2. The van der Waals surface area contributed by atoms with Crippen LogP contribution in [0.3, 0.4) is 0 Å². The zero-order valence-electron chi connectivity index (χ0n) is 14.4. The minimum absolute atomic E-state index is 0.0194. The molecular weight excluding hydrogens is 348 g/mol. The number of hydrogen-bond donors (Lipinski definition) is 0. The van der Waals surface area contributed by atoms with E-state index in [1.54, 1.807) is 11.3 Å². The fourth-order valence-corrected chi connectivity index (χ4v) is 4.70. The first-order chi connectivity index (χ1) is 12.3. The van der Waals surface area contributed by atoms with Gasteiger partial charge in [-0.05, 0) is 36.8 Å². The molecule has 0 unspecified atom stereocenters. The summed E-state index contributed by atoms with van der Waals surface area (Å²) in [5.74, 6) is 1.96. The van der Waals surface area contributed by atoms with Gasteiger partial charge in [0.2, 0.25) is 5.91 Å². The summed E-state index contributed by atoms with van der Waals surface area (Å²) in [6, 6.07) is 18.6. The van der Waals surface area contributed by atoms with Crippen LogP contribution in [-0.4, -0.2) is 16.2 Å². The Morgan fingerprint density at radius 2 is 1.88 bits per heavy atom. The van der Waals surface area contributed by atoms with E-state index >= 15 is 0 Å². The van der Waals surface area contributed by atoms with E-state index in [1.165, 1.54) is 10.3 Å². The Morgan fingerprint density at radius 1 is 1.12 bits per heavy atom. The maximum absolute atomic E-state index is 12.2. The molecule has 0 aliphatic rings. The van der Waals surface area contributed by atoms with Gasteiger partial charge >= 0.3 is 0 Å². The molecule has 0 saturated carbocycles. The lowest BCUT2D eigenvalue weighted by Crippen LogP contribution is -2.15. The number of thiazole rings is 1. The Bertz CT molecular complexity index is 897. The number of carbonyl (C=O) groups excluding carboxylic acids is 1. The highest BCUT2D eigenvalue weighted by Gasteiger charge is 2.06. The summed E-state index contributed by atoms with van der Waals surface area (Å²) in [4.78, 5) is 17.4. The van der Waals surface area contributed by atoms with Crippen molar-refractivity contribution in [1.29, 1.82) is 0 Å². The summed E-state index contributed by atoms with van der Waals surface area (Å²) in [6.07, 6.45) is 1.39. The highest BCUT2D eigenvalue weighted by Crippen LogP contribution is 2.17. The molecule has 25 heavy (non-hydrogen) atoms. The van der Waals surface area contributed by atoms with Gasteiger partial charge < -0.3 is 4.57 Å². The summed E-state index contributed by atoms with van der Waals surface area (Å²) in [6.45, 7) is 2.91. The van der Waals surface area contributed by atoms with E-state index in [-0.39, 0.29) is 5.91 Å². The molecule has 0 spiro atoms. The van der Waals surface area contributed by atoms with Crippen molar-refractivity contribution >= 4 is 39.2 Å². The first-order valence-electron chi connectivity index (χ1n) is 8.55. The molecule has 1 heterocycles. The van der Waals surface area contributed by atoms with Crippen molar-refractivity contribution in [2.24, 2.45) is 4.99 Å². The SMILES string of the molecule is CCn1c(=NC(=O)CCCSCc2ccccc2)sc2ccccc21. The summed E-state index contributed by atoms with van der Waals surface area (Å²) in [5.41, 5.74) is 2.48. The standard InChI is InChI=1S/C20H22N2OS2/c1-2-22-17-11-6-7-12-18(17)25-20(22)21-19(23)13-8-14-24-15-16-9-4-3-5-10-16/h3-7,9-12H,2,8,13-15H2,1H3. The van der Waals surface area contributed by atoms with Crippen LogP contribution in [0.25, 0.3) is 10.2 Å². The zero-order chi connectivity index (χ0) is 17.5. The third-order valence-corrected chi connectivity index (χ3v) is 6.09. The van der Waals surface area contributed by atoms with E-state index in [0.717, 1.165) is 34.8 Å². The van der Waals surface area contributed by atoms with Crippen molar-refractivity contribution < 1.29 is 4.79 Å². The fourth-order valence-electron chi connectivity index (χ4n) is 2.66. The largest absolute Gasteiger partial charge is 0.317 e. The number of para-hydroxylation sites is 1. The molecule has 130 valence electrons. The van der Waals surface area contributed by atoms with Crippen LogP contribution in [-0.2, 0) is 17.1 Å². The van der Waals surface area contributed by atoms with Crippen LogP contribution in [0.4, 0.5) is 0 Å². The third kappa shape index (κ3) is 4.83. The van der Waals surface area contributed by atoms with Gasteiger partial charge in [-0.2, -0.15) is 16.8 Å². The molecule has 1 aromatic heterocycles. The average molecular weight is 371 g/mol. The van der Waals surface area contributed by atoms with Crippen LogP contribution in [0, 0.1) is 0 Å². The van der Waals surface area contributed by atoms with Crippen LogP contribution in [0.1, 0.15) is 25.3 Å². The topological polar surface area (TPSA) is 34.4 Å². The molecule has 5 heteroatoms. The van der Waals surface area contributed by atoms with Crippen LogP contribution >= 0.6 is 23.1 Å². The molecule has 0 aliphatic heterocycles. The molecule has 0 atom stereocenters. The van der Waals surface area contributed by atoms with Crippen molar-refractivity contribution in [1.82, 2.24) is 4.57 Å². The Hall–Kier alpha value is -1.85. The normalized spacial score (nSPS) is 12.0. The Labute approximate surface area is 156 Å². The summed E-state index contributed by atoms with van der Waals surface area (Å²) in [5, 5.41) is 0. The molecule has 3 nitrogen and oxygen atoms in total. The van der Waals surface area contributed by atoms with Gasteiger partial charge in [0, 0.05) is 18.7 Å². The summed E-state index contributed by atoms with van der Waals surface area (Å²) in [7, 11) is 0. The molecule has 0 fully saturated rings. The number of rotatable bonds is 7. The molecular formula is C20H22N2OS2. The molecule has 3 rings (SSSR count). The van der Waals surface area contributed by atoms with E-state index in [0.29, 0.717) is 6.42 Å². The Kier molecular flexibility index (Phi) is 6.48. The molecule has 1 amide bonds. The minimum atomic E-state index is -0.0194. The van der Waals surface area contributed by atoms with E-state index in [4.69, 9.17) is 0 Å². The van der Waals surface area contributed by atoms with Crippen molar-refractivity contribution in [2.75, 3.05) is 5.75 Å². The van der Waals surface area contributed by atoms with E-state index in [2.05, 4.69) is 52.9 Å². The van der Waals surface area contributed by atoms with Crippen LogP contribution in [0.15, 0.2) is 59.6 Å². The second-order valence-corrected chi connectivity index (χ2v) is 7.86. The number of thioether (sulfide) groups is 1. The quantitative estimate of drug-likeness (QED) is 0.556. The monoisotopic (exact) mass is 370 g/mol. The van der Waals surface area contributed by atoms with Crippen molar-refractivity contribution in [2.45, 2.75) is 32.1 Å². The zero-order valence-corrected chi connectivity index (χ0v) is 16.0. The van der Waals surface area contributed by atoms with Crippen molar-refractivity contribution in [3.05, 3.63) is 65.0 Å². The van der Waals surface area contributed by atoms with Crippen molar-refractivity contribution in [3.8, 4) is 0 Å². The van der Waals surface area contributed by atoms with Gasteiger partial charge in [-0.3, -0.25) is 4.79 Å². The van der Waals surface area contributed by atoms with Gasteiger partial charge in [0.25, 0.3) is 0 Å². The minimum Gasteiger partial charge on any atom is -0.317 e. The molecule has 0 bridgehead atoms. The Balaban J connectivity index is 1.54. The maximum Gasteiger partial charge on any atom is 0.248 e. The van der Waals surface area contributed by atoms with Gasteiger partial charge in [0.15, 0.2) is 4.80 Å². The lowest BCUT2D eigenvalue weighted by Gasteiger charge is -2.01. The van der Waals surface area contributed by atoms with Gasteiger partial charge in [-0.15, -0.1) is 0 Å². The number of fused-ring (bicyclic) bond motifs is 1. The molecule has 0 saturated heterocycles. The molecule has 2 aromatic carbocycles. The number of aryl methyl sites for hydroxylation is 1. The van der Waals surface area contributed by atoms with Gasteiger partial charge in [-0.1, -0.05) is 53.8 Å². The summed E-state index contributed by atoms with van der Waals surface area (Å²) >= 11 is 3.46. The van der Waals surface area contributed by atoms with E-state index in [9.17, 15) is 4.79 Å². The number of aromatic nitrogens is 1. The number of carbonyl (C=O) groups is 1. The van der Waals surface area contributed by atoms with E-state index in [1.807, 2.05) is 30.0 Å². The lowest BCUT2D eigenvalue weighted by molar-refractivity contribution is -0.118. The van der Waals surface area contributed by atoms with Crippen LogP contribution in [0.5, 0.6) is 0 Å². The predicted molar refractivity (Wildman–Crippen MR) is 108 cm³/mol. The second-order valence-electron chi connectivity index (χ2n) is 5.74. The fraction of sp³-hybridized carbons (Fsp3) is 0.300. The van der Waals surface area contributed by atoms with Crippen LogP contribution < -0.4 is 4.80 Å². The van der Waals surface area contributed by atoms with Gasteiger partial charge in [0.1, 0.15) is 0 Å². The number of hydrogen-bond acceptors (Lipinski definition) is 3. The Morgan fingerprint density at radius 3 is 2.68 bits per heavy atom. The summed E-state index contributed by atoms with van der Waals surface area (Å²) < 4.78 is 3.29. The van der Waals surface area contributed by atoms with Gasteiger partial charge in [-0.25, -0.2) is 0 Å². The molecule has 3 aromatic rings. The van der Waals surface area contributed by atoms with Crippen LogP contribution in [0.2, 0.25) is 0 Å². The third-order valence-electron chi connectivity index (χ3n) is 3.92. The highest BCUT2D eigenvalue weighted by atomic mass is 32.2. The smallest absolute Gasteiger partial charge is 0.248 e. The molecule has 0 aliphatic carbocycles. The number of amides is 1. The number of benzene rings is 2. The van der Waals surface area contributed by atoms with Gasteiger partial charge in [0.05, 0.1) is 10.2 Å². The second kappa shape index (κ2) is 9.02. The highest BCUT2D eigenvalue weighted by molar-refractivity contribution is 7.98. The molecule has 0 radical (unpaired) electrons. The predicted octanol–water partition coefficient (Wildman–Crippen LogP) is 4.86. The first kappa shape index (κ1) is 18.0. The maximum atomic E-state index is 12.2. The van der Waals surface area contributed by atoms with Crippen molar-refractivity contribution in [3.63, 3.8) is 0 Å². The van der Waals surface area contributed by atoms with E-state index < -0.39 is 0 Å². The first-order valence-corrected chi connectivity index (χ1v) is 10.5. The molecule has 0 N–H and O–H groups in total.